The van der Waals surface area contributed by atoms with Crippen LogP contribution in [0.3, 0.4) is 0 Å². The Morgan fingerprint density at radius 1 is 1.32 bits per heavy atom. The van der Waals surface area contributed by atoms with Crippen molar-refractivity contribution in [3.8, 4) is 0 Å². The zero-order chi connectivity index (χ0) is 14.0. The lowest BCUT2D eigenvalue weighted by Crippen LogP contribution is -2.45. The Morgan fingerprint density at radius 3 is 2.68 bits per heavy atom. The third-order valence-electron chi connectivity index (χ3n) is 2.66. The lowest BCUT2D eigenvalue weighted by atomic mass is 9.81. The third kappa shape index (κ3) is 3.04. The molecule has 19 heavy (non-hydrogen) atoms. The fourth-order valence-electron chi connectivity index (χ4n) is 1.71. The van der Waals surface area contributed by atoms with Gasteiger partial charge in [-0.05, 0) is 23.8 Å². The second-order valence-electron chi connectivity index (χ2n) is 4.02. The van der Waals surface area contributed by atoms with Gasteiger partial charge in [0.25, 0.3) is 5.56 Å². The van der Waals surface area contributed by atoms with Crippen molar-refractivity contribution in [2.75, 3.05) is 0 Å². The zero-order valence-corrected chi connectivity index (χ0v) is 10.5. The molecule has 0 aliphatic rings. The summed E-state index contributed by atoms with van der Waals surface area (Å²) in [6, 6.07) is 7.01. The van der Waals surface area contributed by atoms with Crippen LogP contribution >= 0.6 is 11.6 Å². The van der Waals surface area contributed by atoms with Crippen molar-refractivity contribution in [2.24, 2.45) is 0 Å². The number of nitrogens with zero attached hydrogens (tertiary/aromatic N) is 1. The van der Waals surface area contributed by atoms with E-state index in [2.05, 4.69) is 0 Å². The maximum atomic E-state index is 13.0. The molecule has 0 saturated heterocycles. The summed E-state index contributed by atoms with van der Waals surface area (Å²) >= 11 is 5.66. The summed E-state index contributed by atoms with van der Waals surface area (Å²) in [5, 5.41) is 18.1. The summed E-state index contributed by atoms with van der Waals surface area (Å²) < 4.78 is 14.3. The van der Waals surface area contributed by atoms with Crippen LogP contribution in [0.2, 0.25) is 5.02 Å². The highest BCUT2D eigenvalue weighted by atomic mass is 35.5. The molecular weight excluding hydrogens is 271 g/mol. The Hall–Kier alpha value is -1.63. The van der Waals surface area contributed by atoms with Gasteiger partial charge in [-0.1, -0.05) is 23.7 Å². The van der Waals surface area contributed by atoms with Crippen molar-refractivity contribution in [1.29, 1.82) is 0 Å². The normalized spacial score (nSPS) is 10.5. The van der Waals surface area contributed by atoms with E-state index in [4.69, 9.17) is 21.6 Å². The largest absolute Gasteiger partial charge is 0.494 e. The summed E-state index contributed by atoms with van der Waals surface area (Å²) in [6.45, 7) is 0.166. The smallest absolute Gasteiger partial charge is 0.423 e. The van der Waals surface area contributed by atoms with Gasteiger partial charge in [0.05, 0.1) is 11.6 Å². The van der Waals surface area contributed by atoms with Gasteiger partial charge in [-0.25, -0.2) is 4.39 Å². The molecule has 2 rings (SSSR count). The van der Waals surface area contributed by atoms with Crippen molar-refractivity contribution in [2.45, 2.75) is 6.54 Å². The molecule has 0 radical (unpaired) electrons. The summed E-state index contributed by atoms with van der Waals surface area (Å²) in [4.78, 5) is 11.9. The lowest BCUT2D eigenvalue weighted by molar-refractivity contribution is 0.425. The van der Waals surface area contributed by atoms with Gasteiger partial charge >= 0.3 is 7.12 Å². The van der Waals surface area contributed by atoms with Crippen molar-refractivity contribution in [3.63, 3.8) is 0 Å². The molecule has 2 N–H and O–H groups in total. The monoisotopic (exact) mass is 281 g/mol. The fraction of sp³-hybridized carbons (Fsp3) is 0.0833. The van der Waals surface area contributed by atoms with Crippen LogP contribution in [0.4, 0.5) is 4.39 Å². The maximum Gasteiger partial charge on any atom is 0.494 e. The molecule has 1 aromatic heterocycles. The van der Waals surface area contributed by atoms with E-state index in [1.54, 1.807) is 0 Å². The fourth-order valence-corrected chi connectivity index (χ4v) is 1.91. The van der Waals surface area contributed by atoms with Crippen LogP contribution in [-0.2, 0) is 6.54 Å². The maximum absolute atomic E-state index is 13.0. The van der Waals surface area contributed by atoms with Crippen molar-refractivity contribution < 1.29 is 14.4 Å². The van der Waals surface area contributed by atoms with Gasteiger partial charge in [-0.15, -0.1) is 0 Å². The molecule has 0 atom stereocenters. The molecule has 0 aliphatic heterocycles. The number of rotatable bonds is 3. The molecule has 0 amide bonds. The number of pyridine rings is 1. The first-order valence-corrected chi connectivity index (χ1v) is 5.86. The predicted molar refractivity (Wildman–Crippen MR) is 71.0 cm³/mol. The summed E-state index contributed by atoms with van der Waals surface area (Å²) in [7, 11) is -1.82. The minimum absolute atomic E-state index is 0.0242. The van der Waals surface area contributed by atoms with Gasteiger partial charge in [-0.3, -0.25) is 4.79 Å². The van der Waals surface area contributed by atoms with E-state index in [-0.39, 0.29) is 17.0 Å². The molecule has 0 spiro atoms. The van der Waals surface area contributed by atoms with Crippen molar-refractivity contribution in [1.82, 2.24) is 4.57 Å². The van der Waals surface area contributed by atoms with E-state index < -0.39 is 18.5 Å². The van der Waals surface area contributed by atoms with E-state index in [0.29, 0.717) is 5.56 Å². The predicted octanol–water partition coefficient (Wildman–Crippen LogP) is 0.369. The van der Waals surface area contributed by atoms with Gasteiger partial charge in [0.15, 0.2) is 0 Å². The molecule has 0 aliphatic carbocycles. The molecule has 4 nitrogen and oxygen atoms in total. The minimum atomic E-state index is -1.82. The second-order valence-corrected chi connectivity index (χ2v) is 4.43. The van der Waals surface area contributed by atoms with E-state index in [1.165, 1.54) is 41.1 Å². The first-order valence-electron chi connectivity index (χ1n) is 5.48. The van der Waals surface area contributed by atoms with Gasteiger partial charge in [-0.2, -0.15) is 0 Å². The topological polar surface area (TPSA) is 62.5 Å². The van der Waals surface area contributed by atoms with Crippen molar-refractivity contribution in [3.05, 3.63) is 63.3 Å². The Labute approximate surface area is 113 Å². The highest BCUT2D eigenvalue weighted by Crippen LogP contribution is 2.16. The first-order chi connectivity index (χ1) is 8.99. The summed E-state index contributed by atoms with van der Waals surface area (Å²) in [6.07, 6.45) is 1.51. The second kappa shape index (κ2) is 5.56. The Bertz CT molecular complexity index is 660. The molecule has 1 heterocycles. The van der Waals surface area contributed by atoms with Crippen LogP contribution in [0.25, 0.3) is 0 Å². The Kier molecular flexibility index (Phi) is 4.04. The summed E-state index contributed by atoms with van der Waals surface area (Å²) in [5.41, 5.74) is 0.00624. The molecule has 0 unspecified atom stereocenters. The molecular formula is C12H10BClFNO3. The molecule has 0 saturated carbocycles. The lowest BCUT2D eigenvalue weighted by Gasteiger charge is -2.08. The van der Waals surface area contributed by atoms with Crippen LogP contribution in [0.1, 0.15) is 5.56 Å². The number of benzene rings is 1. The van der Waals surface area contributed by atoms with E-state index in [0.717, 1.165) is 0 Å². The van der Waals surface area contributed by atoms with E-state index in [1.807, 2.05) is 0 Å². The molecule has 0 fully saturated rings. The van der Waals surface area contributed by atoms with Gasteiger partial charge in [0, 0.05) is 11.7 Å². The van der Waals surface area contributed by atoms with Gasteiger partial charge < -0.3 is 14.6 Å². The number of hydrogen-bond acceptors (Lipinski definition) is 3. The average molecular weight is 281 g/mol. The highest BCUT2D eigenvalue weighted by molar-refractivity contribution is 6.58. The first kappa shape index (κ1) is 13.8. The number of hydrogen-bond donors (Lipinski definition) is 2. The van der Waals surface area contributed by atoms with Crippen LogP contribution in [-0.4, -0.2) is 21.7 Å². The van der Waals surface area contributed by atoms with Crippen LogP contribution in [0.15, 0.2) is 41.3 Å². The Morgan fingerprint density at radius 2 is 2.05 bits per heavy atom. The van der Waals surface area contributed by atoms with E-state index in [9.17, 15) is 9.18 Å². The van der Waals surface area contributed by atoms with Gasteiger partial charge in [0.1, 0.15) is 5.82 Å². The van der Waals surface area contributed by atoms with Gasteiger partial charge in [0.2, 0.25) is 0 Å². The quantitative estimate of drug-likeness (QED) is 0.799. The summed E-state index contributed by atoms with van der Waals surface area (Å²) in [5.74, 6) is -0.530. The van der Waals surface area contributed by atoms with Crippen LogP contribution in [0, 0.1) is 5.82 Å². The Balaban J connectivity index is 2.36. The third-order valence-corrected chi connectivity index (χ3v) is 2.95. The highest BCUT2D eigenvalue weighted by Gasteiger charge is 2.16. The minimum Gasteiger partial charge on any atom is -0.423 e. The zero-order valence-electron chi connectivity index (χ0n) is 9.75. The SMILES string of the molecule is O=c1c(B(O)O)cccn1Cc1ccc(F)c(Cl)c1. The standard InChI is InChI=1S/C12H10BClFNO3/c14-10-6-8(3-4-11(10)15)7-16-5-1-2-9(12(16)17)13(18)19/h1-6,18-19H,7H2. The van der Waals surface area contributed by atoms with E-state index >= 15 is 0 Å². The molecule has 1 aromatic carbocycles. The van der Waals surface area contributed by atoms with Crippen LogP contribution in [0.5, 0.6) is 0 Å². The van der Waals surface area contributed by atoms with Crippen molar-refractivity contribution >= 4 is 24.2 Å². The number of halogens is 2. The van der Waals surface area contributed by atoms with Crippen LogP contribution < -0.4 is 11.0 Å². The molecule has 7 heteroatoms. The molecule has 98 valence electrons. The average Bonchev–Trinajstić information content (AvgIpc) is 2.36. The molecule has 2 aromatic rings. The number of aromatic nitrogens is 1. The molecule has 0 bridgehead atoms.